The van der Waals surface area contributed by atoms with Gasteiger partial charge in [0.25, 0.3) is 5.91 Å². The van der Waals surface area contributed by atoms with Crippen molar-refractivity contribution < 1.29 is 19.4 Å². The summed E-state index contributed by atoms with van der Waals surface area (Å²) in [6.45, 7) is 7.97. The fraction of sp³-hybridized carbons (Fsp3) is 0.440. The largest absolute Gasteiger partial charge is 0.497 e. The quantitative estimate of drug-likeness (QED) is 0.543. The maximum Gasteiger partial charge on any atom is 0.318 e. The Labute approximate surface area is 197 Å². The number of methoxy groups -OCH3 is 1. The van der Waals surface area contributed by atoms with Gasteiger partial charge in [0.15, 0.2) is 0 Å². The van der Waals surface area contributed by atoms with Gasteiger partial charge in [-0.1, -0.05) is 49.1 Å². The van der Waals surface area contributed by atoms with E-state index in [4.69, 9.17) is 4.74 Å². The molecule has 3 amide bonds. The first-order valence-corrected chi connectivity index (χ1v) is 14.9. The van der Waals surface area contributed by atoms with Gasteiger partial charge in [0.2, 0.25) is 0 Å². The Morgan fingerprint density at radius 2 is 1.79 bits per heavy atom. The maximum absolute atomic E-state index is 13.3. The molecule has 8 heteroatoms. The Balaban J connectivity index is 1.78. The van der Waals surface area contributed by atoms with Crippen LogP contribution >= 0.6 is 0 Å². The summed E-state index contributed by atoms with van der Waals surface area (Å²) in [4.78, 5) is 28.0. The number of likely N-dealkylation sites (tertiary alicyclic amines) is 1. The standard InChI is InChI=1S/C25H35N3O4Si/c1-32-21-11-7-19(8-12-21)23(27-25(31)28-15-5-6-18(16-28)17-29)24(30)26-20-9-13-22(14-10-20)33(2,3)4/h7-14,18,23,29H,5-6,15-17H2,1-4H3,(H,26,30)(H,27,31). The van der Waals surface area contributed by atoms with E-state index in [0.717, 1.165) is 12.8 Å². The third kappa shape index (κ3) is 6.58. The zero-order chi connectivity index (χ0) is 24.0. The molecule has 1 fully saturated rings. The van der Waals surface area contributed by atoms with E-state index in [0.29, 0.717) is 30.1 Å². The molecule has 1 aliphatic heterocycles. The molecule has 3 N–H and O–H groups in total. The van der Waals surface area contributed by atoms with Gasteiger partial charge in [-0.25, -0.2) is 4.79 Å². The molecule has 2 aromatic carbocycles. The van der Waals surface area contributed by atoms with Crippen LogP contribution in [0, 0.1) is 5.92 Å². The van der Waals surface area contributed by atoms with Crippen molar-refractivity contribution in [2.75, 3.05) is 32.1 Å². The first-order chi connectivity index (χ1) is 15.7. The van der Waals surface area contributed by atoms with Gasteiger partial charge in [-0.2, -0.15) is 0 Å². The number of aliphatic hydroxyl groups is 1. The molecule has 2 aromatic rings. The number of carbonyl (C=O) groups excluding carboxylic acids is 2. The van der Waals surface area contributed by atoms with Gasteiger partial charge in [-0.05, 0) is 48.6 Å². The average Bonchev–Trinajstić information content (AvgIpc) is 2.82. The molecule has 1 aliphatic rings. The molecule has 1 heterocycles. The molecule has 0 radical (unpaired) electrons. The average molecular weight is 470 g/mol. The molecule has 0 saturated carbocycles. The molecule has 2 atom stereocenters. The molecule has 0 aromatic heterocycles. The summed E-state index contributed by atoms with van der Waals surface area (Å²) in [5, 5.41) is 16.6. The molecule has 0 spiro atoms. The van der Waals surface area contributed by atoms with Crippen LogP contribution in [-0.4, -0.2) is 56.8 Å². The van der Waals surface area contributed by atoms with E-state index in [1.165, 1.54) is 5.19 Å². The number of piperidine rings is 1. The Morgan fingerprint density at radius 3 is 2.36 bits per heavy atom. The zero-order valence-electron chi connectivity index (χ0n) is 19.9. The van der Waals surface area contributed by atoms with Crippen molar-refractivity contribution in [1.29, 1.82) is 0 Å². The highest BCUT2D eigenvalue weighted by Crippen LogP contribution is 2.22. The molecule has 7 nitrogen and oxygen atoms in total. The van der Waals surface area contributed by atoms with Gasteiger partial charge < -0.3 is 25.4 Å². The minimum Gasteiger partial charge on any atom is -0.497 e. The lowest BCUT2D eigenvalue weighted by Crippen LogP contribution is -2.49. The van der Waals surface area contributed by atoms with Crippen LogP contribution < -0.4 is 20.6 Å². The van der Waals surface area contributed by atoms with Crippen molar-refractivity contribution in [3.05, 3.63) is 54.1 Å². The molecular formula is C25H35N3O4Si. The highest BCUT2D eigenvalue weighted by Gasteiger charge is 2.28. The third-order valence-electron chi connectivity index (χ3n) is 6.06. The second-order valence-corrected chi connectivity index (χ2v) is 14.7. The zero-order valence-corrected chi connectivity index (χ0v) is 20.9. The number of nitrogens with one attached hydrogen (secondary N) is 2. The van der Waals surface area contributed by atoms with E-state index in [2.05, 4.69) is 42.4 Å². The molecule has 0 bridgehead atoms. The molecule has 2 unspecified atom stereocenters. The Bertz CT molecular complexity index is 942. The lowest BCUT2D eigenvalue weighted by molar-refractivity contribution is -0.118. The summed E-state index contributed by atoms with van der Waals surface area (Å²) in [6.07, 6.45) is 1.73. The Morgan fingerprint density at radius 1 is 1.12 bits per heavy atom. The van der Waals surface area contributed by atoms with Crippen LogP contribution in [0.25, 0.3) is 0 Å². The van der Waals surface area contributed by atoms with Gasteiger partial charge >= 0.3 is 6.03 Å². The number of hydrogen-bond acceptors (Lipinski definition) is 4. The van der Waals surface area contributed by atoms with E-state index in [1.807, 2.05) is 12.1 Å². The number of aliphatic hydroxyl groups excluding tert-OH is 1. The van der Waals surface area contributed by atoms with Crippen LogP contribution in [0.1, 0.15) is 24.4 Å². The van der Waals surface area contributed by atoms with Crippen LogP contribution in [0.15, 0.2) is 48.5 Å². The van der Waals surface area contributed by atoms with Crippen molar-refractivity contribution in [3.63, 3.8) is 0 Å². The lowest BCUT2D eigenvalue weighted by atomic mass is 9.99. The maximum atomic E-state index is 13.3. The number of anilines is 1. The van der Waals surface area contributed by atoms with Crippen LogP contribution in [-0.2, 0) is 4.79 Å². The molecule has 0 aliphatic carbocycles. The van der Waals surface area contributed by atoms with E-state index in [-0.39, 0.29) is 24.5 Å². The summed E-state index contributed by atoms with van der Waals surface area (Å²) in [6, 6.07) is 13.9. The predicted molar refractivity (Wildman–Crippen MR) is 134 cm³/mol. The van der Waals surface area contributed by atoms with Crippen molar-refractivity contribution in [2.45, 2.75) is 38.5 Å². The second kappa shape index (κ2) is 10.9. The number of ether oxygens (including phenoxy) is 1. The summed E-state index contributed by atoms with van der Waals surface area (Å²) in [7, 11) is 0.148. The number of rotatable bonds is 7. The highest BCUT2D eigenvalue weighted by molar-refractivity contribution is 6.88. The SMILES string of the molecule is COc1ccc(C(NC(=O)N2CCCC(CO)C2)C(=O)Nc2ccc([Si](C)(C)C)cc2)cc1. The highest BCUT2D eigenvalue weighted by atomic mass is 28.3. The van der Waals surface area contributed by atoms with Crippen molar-refractivity contribution in [3.8, 4) is 5.75 Å². The summed E-state index contributed by atoms with van der Waals surface area (Å²) in [5.41, 5.74) is 1.35. The van der Waals surface area contributed by atoms with Crippen LogP contribution in [0.5, 0.6) is 5.75 Å². The van der Waals surface area contributed by atoms with Gasteiger partial charge in [0, 0.05) is 25.4 Å². The number of urea groups is 1. The number of hydrogen-bond donors (Lipinski definition) is 3. The first kappa shape index (κ1) is 24.8. The van der Waals surface area contributed by atoms with E-state index in [1.54, 1.807) is 36.3 Å². The number of benzene rings is 2. The minimum absolute atomic E-state index is 0.0552. The fourth-order valence-electron chi connectivity index (χ4n) is 3.98. The summed E-state index contributed by atoms with van der Waals surface area (Å²) in [5.74, 6) is 0.431. The van der Waals surface area contributed by atoms with Crippen LogP contribution in [0.3, 0.4) is 0 Å². The van der Waals surface area contributed by atoms with Gasteiger partial charge in [-0.3, -0.25) is 4.79 Å². The normalized spacial score (nSPS) is 17.2. The smallest absolute Gasteiger partial charge is 0.318 e. The van der Waals surface area contributed by atoms with Crippen LogP contribution in [0.4, 0.5) is 10.5 Å². The first-order valence-electron chi connectivity index (χ1n) is 11.4. The van der Waals surface area contributed by atoms with Crippen molar-refractivity contribution >= 4 is 30.9 Å². The van der Waals surface area contributed by atoms with Crippen molar-refractivity contribution in [2.24, 2.45) is 5.92 Å². The molecule has 1 saturated heterocycles. The molecule has 178 valence electrons. The Kier molecular flexibility index (Phi) is 8.15. The lowest BCUT2D eigenvalue weighted by Gasteiger charge is -2.33. The van der Waals surface area contributed by atoms with Crippen LogP contribution in [0.2, 0.25) is 19.6 Å². The second-order valence-electron chi connectivity index (χ2n) is 9.61. The monoisotopic (exact) mass is 469 g/mol. The topological polar surface area (TPSA) is 90.9 Å². The summed E-state index contributed by atoms with van der Waals surface area (Å²) < 4.78 is 5.23. The predicted octanol–water partition coefficient (Wildman–Crippen LogP) is 3.33. The third-order valence-corrected chi connectivity index (χ3v) is 8.13. The van der Waals surface area contributed by atoms with Crippen molar-refractivity contribution in [1.82, 2.24) is 10.2 Å². The van der Waals surface area contributed by atoms with Gasteiger partial charge in [0.05, 0.1) is 15.2 Å². The van der Waals surface area contributed by atoms with E-state index >= 15 is 0 Å². The van der Waals surface area contributed by atoms with E-state index < -0.39 is 14.1 Å². The fourth-order valence-corrected chi connectivity index (χ4v) is 5.14. The Hall–Kier alpha value is -2.84. The number of nitrogens with zero attached hydrogens (tertiary/aromatic N) is 1. The van der Waals surface area contributed by atoms with Gasteiger partial charge in [0.1, 0.15) is 11.8 Å². The molecule has 33 heavy (non-hydrogen) atoms. The van der Waals surface area contributed by atoms with E-state index in [9.17, 15) is 14.7 Å². The molecule has 3 rings (SSSR count). The number of amides is 3. The number of carbonyl (C=O) groups is 2. The minimum atomic E-state index is -1.43. The van der Waals surface area contributed by atoms with Gasteiger partial charge in [-0.15, -0.1) is 0 Å². The summed E-state index contributed by atoms with van der Waals surface area (Å²) >= 11 is 0. The molecular weight excluding hydrogens is 434 g/mol.